The Kier molecular flexibility index (Phi) is 7.38. The average Bonchev–Trinajstić information content (AvgIpc) is 2.76. The molecule has 0 bridgehead atoms. The van der Waals surface area contributed by atoms with Crippen LogP contribution in [0, 0.1) is 5.92 Å². The molecule has 1 aromatic carbocycles. The minimum atomic E-state index is -1.37. The number of allylic oxidation sites excluding steroid dienone is 3. The number of phenolic OH excluding ortho intramolecular Hbond substituents is 2. The molecule has 2 aromatic rings. The number of phenols is 2. The van der Waals surface area contributed by atoms with Gasteiger partial charge in [0.1, 0.15) is 34.3 Å². The fraction of sp³-hybridized carbons (Fsp3) is 0.370. The normalized spacial score (nSPS) is 15.1. The monoisotopic (exact) mass is 468 g/mol. The van der Waals surface area contributed by atoms with Crippen LogP contribution in [-0.2, 0) is 22.3 Å². The highest BCUT2D eigenvalue weighted by atomic mass is 16.7. The molecule has 1 aliphatic rings. The Morgan fingerprint density at radius 1 is 1.18 bits per heavy atom. The lowest BCUT2D eigenvalue weighted by atomic mass is 9.86. The predicted molar refractivity (Wildman–Crippen MR) is 131 cm³/mol. The molecule has 0 radical (unpaired) electrons. The maximum absolute atomic E-state index is 13.8. The average molecular weight is 469 g/mol. The van der Waals surface area contributed by atoms with Crippen LogP contribution in [0.2, 0.25) is 0 Å². The maximum atomic E-state index is 13.8. The maximum Gasteiger partial charge on any atom is 0.205 e. The number of fused-ring (bicyclic) bond motifs is 1. The minimum Gasteiger partial charge on any atom is -0.508 e. The van der Waals surface area contributed by atoms with E-state index in [4.69, 9.17) is 13.9 Å². The zero-order valence-corrected chi connectivity index (χ0v) is 20.4. The zero-order chi connectivity index (χ0) is 25.2. The molecule has 1 aromatic heterocycles. The summed E-state index contributed by atoms with van der Waals surface area (Å²) in [4.78, 5) is 13.8. The lowest BCUT2D eigenvalue weighted by Gasteiger charge is -2.36. The molecule has 3 rings (SSSR count). The van der Waals surface area contributed by atoms with Crippen molar-refractivity contribution in [3.05, 3.63) is 74.7 Å². The van der Waals surface area contributed by atoms with Gasteiger partial charge in [0, 0.05) is 25.8 Å². The van der Waals surface area contributed by atoms with Gasteiger partial charge in [-0.25, -0.2) is 0 Å². The lowest BCUT2D eigenvalue weighted by Crippen LogP contribution is -2.42. The highest BCUT2D eigenvalue weighted by molar-refractivity contribution is 5.75. The Morgan fingerprint density at radius 2 is 1.85 bits per heavy atom. The second kappa shape index (κ2) is 9.91. The van der Waals surface area contributed by atoms with Crippen LogP contribution in [0.3, 0.4) is 0 Å². The molecule has 0 unspecified atom stereocenters. The molecule has 0 fully saturated rings. The van der Waals surface area contributed by atoms with Gasteiger partial charge in [-0.3, -0.25) is 4.79 Å². The first-order valence-electron chi connectivity index (χ1n) is 11.1. The SMILES string of the molecule is COC1(OC)Cc2oc(-c3ccc(O)cc3O)c(CC=C(C)C)c(=O)c2C(O)=C1/C=C/C(C)C. The third-order valence-corrected chi connectivity index (χ3v) is 5.82. The van der Waals surface area contributed by atoms with E-state index in [0.29, 0.717) is 5.57 Å². The van der Waals surface area contributed by atoms with E-state index in [-0.39, 0.29) is 64.2 Å². The van der Waals surface area contributed by atoms with Crippen molar-refractivity contribution in [2.75, 3.05) is 14.2 Å². The Morgan fingerprint density at radius 3 is 2.41 bits per heavy atom. The summed E-state index contributed by atoms with van der Waals surface area (Å²) in [5.74, 6) is -1.46. The topological polar surface area (TPSA) is 109 Å². The van der Waals surface area contributed by atoms with Crippen LogP contribution in [-0.4, -0.2) is 35.3 Å². The zero-order valence-electron chi connectivity index (χ0n) is 20.4. The van der Waals surface area contributed by atoms with Gasteiger partial charge in [0.2, 0.25) is 5.79 Å². The van der Waals surface area contributed by atoms with Crippen molar-refractivity contribution in [2.24, 2.45) is 5.92 Å². The van der Waals surface area contributed by atoms with Crippen LogP contribution in [0.15, 0.2) is 56.8 Å². The van der Waals surface area contributed by atoms with E-state index in [2.05, 4.69) is 0 Å². The first kappa shape index (κ1) is 25.3. The standard InChI is InChI=1S/C27H32O7/c1-15(2)7-10-19-24(30)23-22(34-26(19)18-11-9-17(28)13-21(18)29)14-27(32-5,33-6)20(25(23)31)12-8-16(3)4/h7-9,11-13,16,28-29,31H,10,14H2,1-6H3/b12-8+. The predicted octanol–water partition coefficient (Wildman–Crippen LogP) is 5.25. The quantitative estimate of drug-likeness (QED) is 0.376. The number of aliphatic hydroxyl groups is 1. The third-order valence-electron chi connectivity index (χ3n) is 5.82. The summed E-state index contributed by atoms with van der Waals surface area (Å²) in [6.07, 6.45) is 5.74. The van der Waals surface area contributed by atoms with Crippen molar-refractivity contribution >= 4 is 5.76 Å². The molecule has 1 heterocycles. The number of hydrogen-bond acceptors (Lipinski definition) is 7. The van der Waals surface area contributed by atoms with E-state index >= 15 is 0 Å². The number of aromatic hydroxyl groups is 2. The van der Waals surface area contributed by atoms with Gasteiger partial charge in [-0.05, 0) is 38.3 Å². The van der Waals surface area contributed by atoms with Crippen LogP contribution < -0.4 is 5.43 Å². The van der Waals surface area contributed by atoms with Gasteiger partial charge < -0.3 is 29.2 Å². The second-order valence-electron chi connectivity index (χ2n) is 8.93. The summed E-state index contributed by atoms with van der Waals surface area (Å²) in [5.41, 5.74) is 1.50. The second-order valence-corrected chi connectivity index (χ2v) is 8.93. The molecule has 7 nitrogen and oxygen atoms in total. The lowest BCUT2D eigenvalue weighted by molar-refractivity contribution is -0.178. The summed E-state index contributed by atoms with van der Waals surface area (Å²) in [7, 11) is 2.91. The van der Waals surface area contributed by atoms with E-state index in [1.165, 1.54) is 32.4 Å². The van der Waals surface area contributed by atoms with Gasteiger partial charge in [0.05, 0.1) is 17.6 Å². The summed E-state index contributed by atoms with van der Waals surface area (Å²) >= 11 is 0. The minimum absolute atomic E-state index is 0.0289. The highest BCUT2D eigenvalue weighted by Crippen LogP contribution is 2.42. The Balaban J connectivity index is 2.39. The van der Waals surface area contributed by atoms with E-state index in [0.717, 1.165) is 5.57 Å². The molecule has 0 atom stereocenters. The van der Waals surface area contributed by atoms with Gasteiger partial charge in [0.25, 0.3) is 0 Å². The summed E-state index contributed by atoms with van der Waals surface area (Å²) in [6.45, 7) is 7.81. The number of methoxy groups -OCH3 is 2. The van der Waals surface area contributed by atoms with Crippen molar-refractivity contribution < 1.29 is 29.2 Å². The first-order chi connectivity index (χ1) is 16.0. The fourth-order valence-electron chi connectivity index (χ4n) is 3.97. The third kappa shape index (κ3) is 4.67. The molecule has 34 heavy (non-hydrogen) atoms. The van der Waals surface area contributed by atoms with Crippen LogP contribution in [0.4, 0.5) is 0 Å². The van der Waals surface area contributed by atoms with Crippen molar-refractivity contribution in [3.8, 4) is 22.8 Å². The van der Waals surface area contributed by atoms with Crippen LogP contribution in [0.25, 0.3) is 17.1 Å². The molecular weight excluding hydrogens is 436 g/mol. The van der Waals surface area contributed by atoms with Gasteiger partial charge >= 0.3 is 0 Å². The van der Waals surface area contributed by atoms with Crippen molar-refractivity contribution in [1.82, 2.24) is 0 Å². The fourth-order valence-corrected chi connectivity index (χ4v) is 3.97. The van der Waals surface area contributed by atoms with E-state index < -0.39 is 11.2 Å². The van der Waals surface area contributed by atoms with Gasteiger partial charge in [-0.2, -0.15) is 0 Å². The Labute approximate surface area is 199 Å². The van der Waals surface area contributed by atoms with Crippen LogP contribution in [0.5, 0.6) is 11.5 Å². The van der Waals surface area contributed by atoms with Crippen LogP contribution in [0.1, 0.15) is 44.6 Å². The van der Waals surface area contributed by atoms with Crippen LogP contribution >= 0.6 is 0 Å². The number of ether oxygens (including phenoxy) is 2. The Bertz CT molecular complexity index is 1220. The molecule has 182 valence electrons. The molecule has 0 aliphatic heterocycles. The summed E-state index contributed by atoms with van der Waals surface area (Å²) < 4.78 is 17.6. The van der Waals surface area contributed by atoms with Crippen molar-refractivity contribution in [3.63, 3.8) is 0 Å². The molecular formula is C27H32O7. The number of aliphatic hydroxyl groups excluding tert-OH is 1. The first-order valence-corrected chi connectivity index (χ1v) is 11.1. The van der Waals surface area contributed by atoms with E-state index in [9.17, 15) is 20.1 Å². The summed E-state index contributed by atoms with van der Waals surface area (Å²) in [5, 5.41) is 31.5. The molecule has 1 aliphatic carbocycles. The van der Waals surface area contributed by atoms with Gasteiger partial charge in [0.15, 0.2) is 5.43 Å². The van der Waals surface area contributed by atoms with Gasteiger partial charge in [-0.15, -0.1) is 0 Å². The smallest absolute Gasteiger partial charge is 0.205 e. The molecule has 0 spiro atoms. The van der Waals surface area contributed by atoms with E-state index in [1.807, 2.05) is 39.8 Å². The largest absolute Gasteiger partial charge is 0.508 e. The number of rotatable bonds is 7. The highest BCUT2D eigenvalue weighted by Gasteiger charge is 2.44. The van der Waals surface area contributed by atoms with Crippen molar-refractivity contribution in [1.29, 1.82) is 0 Å². The molecule has 7 heteroatoms. The van der Waals surface area contributed by atoms with Gasteiger partial charge in [-0.1, -0.05) is 37.6 Å². The number of benzene rings is 1. The molecule has 3 N–H and O–H groups in total. The molecule has 0 amide bonds. The van der Waals surface area contributed by atoms with Crippen molar-refractivity contribution in [2.45, 2.75) is 46.3 Å². The van der Waals surface area contributed by atoms with E-state index in [1.54, 1.807) is 6.08 Å². The Hall–Kier alpha value is -3.29. The molecule has 0 saturated carbocycles. The number of hydrogen-bond donors (Lipinski definition) is 3. The summed E-state index contributed by atoms with van der Waals surface area (Å²) in [6, 6.07) is 4.07. The molecule has 0 saturated heterocycles.